The SMILES string of the molecule is Fc1ccc(N2CCN(C3CN(Cc4cn5ccsc5n4)C3)CC2)cc1. The van der Waals surface area contributed by atoms with Gasteiger partial charge in [0.2, 0.25) is 0 Å². The smallest absolute Gasteiger partial charge is 0.193 e. The molecule has 0 N–H and O–H groups in total. The molecule has 0 unspecified atom stereocenters. The zero-order chi connectivity index (χ0) is 17.5. The number of piperazine rings is 1. The number of rotatable bonds is 4. The molecule has 0 radical (unpaired) electrons. The maximum Gasteiger partial charge on any atom is 0.193 e. The second-order valence-corrected chi connectivity index (χ2v) is 8.05. The quantitative estimate of drug-likeness (QED) is 0.704. The van der Waals surface area contributed by atoms with Crippen LogP contribution < -0.4 is 4.90 Å². The minimum absolute atomic E-state index is 0.167. The van der Waals surface area contributed by atoms with E-state index in [0.717, 1.165) is 62.2 Å². The van der Waals surface area contributed by atoms with E-state index < -0.39 is 0 Å². The van der Waals surface area contributed by atoms with E-state index in [1.165, 1.54) is 0 Å². The topological polar surface area (TPSA) is 27.0 Å². The van der Waals surface area contributed by atoms with Gasteiger partial charge in [0.05, 0.1) is 5.69 Å². The fourth-order valence-electron chi connectivity index (χ4n) is 3.98. The van der Waals surface area contributed by atoms with Crippen molar-refractivity contribution in [1.29, 1.82) is 0 Å². The second kappa shape index (κ2) is 6.64. The van der Waals surface area contributed by atoms with Crippen molar-refractivity contribution in [2.45, 2.75) is 12.6 Å². The van der Waals surface area contributed by atoms with Gasteiger partial charge < -0.3 is 4.90 Å². The van der Waals surface area contributed by atoms with Crippen LogP contribution in [0.4, 0.5) is 10.1 Å². The molecule has 2 aliphatic heterocycles. The van der Waals surface area contributed by atoms with Crippen molar-refractivity contribution in [2.24, 2.45) is 0 Å². The maximum absolute atomic E-state index is 13.1. The number of hydrogen-bond acceptors (Lipinski definition) is 5. The van der Waals surface area contributed by atoms with Gasteiger partial charge in [-0.05, 0) is 24.3 Å². The van der Waals surface area contributed by atoms with E-state index in [4.69, 9.17) is 0 Å². The van der Waals surface area contributed by atoms with Crippen LogP contribution >= 0.6 is 11.3 Å². The molecule has 0 spiro atoms. The van der Waals surface area contributed by atoms with E-state index in [1.54, 1.807) is 23.5 Å². The van der Waals surface area contributed by atoms with Gasteiger partial charge in [-0.15, -0.1) is 11.3 Å². The van der Waals surface area contributed by atoms with Crippen molar-refractivity contribution in [3.63, 3.8) is 0 Å². The monoisotopic (exact) mass is 371 g/mol. The van der Waals surface area contributed by atoms with E-state index in [9.17, 15) is 4.39 Å². The van der Waals surface area contributed by atoms with Crippen molar-refractivity contribution >= 4 is 22.0 Å². The largest absolute Gasteiger partial charge is 0.369 e. The molecule has 5 nitrogen and oxygen atoms in total. The lowest BCUT2D eigenvalue weighted by Gasteiger charge is -2.48. The first-order valence-electron chi connectivity index (χ1n) is 9.12. The molecule has 0 aliphatic carbocycles. The number of imidazole rings is 1. The molecule has 2 saturated heterocycles. The van der Waals surface area contributed by atoms with Crippen LogP contribution in [0.5, 0.6) is 0 Å². The summed E-state index contributed by atoms with van der Waals surface area (Å²) >= 11 is 1.68. The van der Waals surface area contributed by atoms with Gasteiger partial charge in [-0.3, -0.25) is 14.2 Å². The summed E-state index contributed by atoms with van der Waals surface area (Å²) < 4.78 is 15.2. The summed E-state index contributed by atoms with van der Waals surface area (Å²) in [5.41, 5.74) is 2.29. The summed E-state index contributed by atoms with van der Waals surface area (Å²) in [4.78, 5) is 13.2. The van der Waals surface area contributed by atoms with Crippen LogP contribution in [0.15, 0.2) is 42.0 Å². The number of thiazole rings is 1. The first-order valence-corrected chi connectivity index (χ1v) is 10.0. The van der Waals surface area contributed by atoms with Crippen LogP contribution in [0.25, 0.3) is 4.96 Å². The molecule has 5 rings (SSSR count). The Labute approximate surface area is 156 Å². The number of halogens is 1. The molecule has 136 valence electrons. The minimum atomic E-state index is -0.167. The molecule has 2 aromatic heterocycles. The number of likely N-dealkylation sites (tertiary alicyclic amines) is 1. The molecule has 1 aromatic carbocycles. The molecular weight excluding hydrogens is 349 g/mol. The van der Waals surface area contributed by atoms with Gasteiger partial charge in [-0.2, -0.15) is 0 Å². The first kappa shape index (κ1) is 16.2. The highest BCUT2D eigenvalue weighted by Crippen LogP contribution is 2.22. The summed E-state index contributed by atoms with van der Waals surface area (Å²) in [6.07, 6.45) is 4.21. The van der Waals surface area contributed by atoms with E-state index in [2.05, 4.69) is 41.9 Å². The first-order chi connectivity index (χ1) is 12.7. The fraction of sp³-hybridized carbons (Fsp3) is 0.421. The Kier molecular flexibility index (Phi) is 4.15. The molecule has 4 heterocycles. The standard InChI is InChI=1S/C19H22FN5S/c20-15-1-3-17(4-2-15)23-5-7-24(8-6-23)18-13-22(14-18)11-16-12-25-9-10-26-19(25)21-16/h1-4,9-10,12,18H,5-8,11,13-14H2. The van der Waals surface area contributed by atoms with Gasteiger partial charge in [-0.25, -0.2) is 9.37 Å². The van der Waals surface area contributed by atoms with Crippen LogP contribution in [-0.2, 0) is 6.54 Å². The molecule has 2 aliphatic rings. The summed E-state index contributed by atoms with van der Waals surface area (Å²) in [7, 11) is 0. The van der Waals surface area contributed by atoms with E-state index >= 15 is 0 Å². The molecule has 3 aromatic rings. The zero-order valence-electron chi connectivity index (χ0n) is 14.6. The fourth-order valence-corrected chi connectivity index (χ4v) is 4.70. The lowest BCUT2D eigenvalue weighted by molar-refractivity contribution is 0.0250. The van der Waals surface area contributed by atoms with E-state index in [0.29, 0.717) is 6.04 Å². The Morgan fingerprint density at radius 3 is 2.58 bits per heavy atom. The molecule has 0 amide bonds. The molecule has 0 atom stereocenters. The lowest BCUT2D eigenvalue weighted by atomic mass is 10.1. The number of anilines is 1. The molecule has 0 saturated carbocycles. The van der Waals surface area contributed by atoms with Crippen molar-refractivity contribution in [3.8, 4) is 0 Å². The molecule has 26 heavy (non-hydrogen) atoms. The van der Waals surface area contributed by atoms with Gasteiger partial charge in [0.1, 0.15) is 5.82 Å². The van der Waals surface area contributed by atoms with Crippen LogP contribution in [-0.4, -0.2) is 64.5 Å². The van der Waals surface area contributed by atoms with Crippen molar-refractivity contribution in [2.75, 3.05) is 44.2 Å². The van der Waals surface area contributed by atoms with E-state index in [-0.39, 0.29) is 5.82 Å². The average Bonchev–Trinajstić information content (AvgIpc) is 3.20. The van der Waals surface area contributed by atoms with Crippen LogP contribution in [0.2, 0.25) is 0 Å². The lowest BCUT2D eigenvalue weighted by Crippen LogP contribution is -2.62. The number of nitrogens with zero attached hydrogens (tertiary/aromatic N) is 5. The highest BCUT2D eigenvalue weighted by molar-refractivity contribution is 7.15. The Morgan fingerprint density at radius 1 is 1.08 bits per heavy atom. The van der Waals surface area contributed by atoms with Crippen molar-refractivity contribution in [3.05, 3.63) is 53.6 Å². The highest BCUT2D eigenvalue weighted by atomic mass is 32.1. The second-order valence-electron chi connectivity index (χ2n) is 7.17. The van der Waals surface area contributed by atoms with Gasteiger partial charge in [0, 0.05) is 75.3 Å². The predicted molar refractivity (Wildman–Crippen MR) is 102 cm³/mol. The van der Waals surface area contributed by atoms with Gasteiger partial charge in [0.15, 0.2) is 4.96 Å². The Bertz CT molecular complexity index is 846. The summed E-state index contributed by atoms with van der Waals surface area (Å²) in [5.74, 6) is -0.167. The molecule has 2 fully saturated rings. The van der Waals surface area contributed by atoms with E-state index in [1.807, 2.05) is 12.1 Å². The van der Waals surface area contributed by atoms with Crippen molar-refractivity contribution in [1.82, 2.24) is 19.2 Å². The Hall–Kier alpha value is -1.96. The summed E-state index contributed by atoms with van der Waals surface area (Å²) in [6, 6.07) is 7.52. The third-order valence-electron chi connectivity index (χ3n) is 5.49. The van der Waals surface area contributed by atoms with Crippen LogP contribution in [0.1, 0.15) is 5.69 Å². The minimum Gasteiger partial charge on any atom is -0.369 e. The third-order valence-corrected chi connectivity index (χ3v) is 6.26. The number of fused-ring (bicyclic) bond motifs is 1. The molecular formula is C19H22FN5S. The van der Waals surface area contributed by atoms with Gasteiger partial charge >= 0.3 is 0 Å². The number of aromatic nitrogens is 2. The zero-order valence-corrected chi connectivity index (χ0v) is 15.4. The molecule has 0 bridgehead atoms. The Morgan fingerprint density at radius 2 is 1.85 bits per heavy atom. The van der Waals surface area contributed by atoms with Crippen LogP contribution in [0, 0.1) is 5.82 Å². The normalized spacial score (nSPS) is 20.0. The van der Waals surface area contributed by atoms with Crippen LogP contribution in [0.3, 0.4) is 0 Å². The van der Waals surface area contributed by atoms with Gasteiger partial charge in [-0.1, -0.05) is 0 Å². The highest BCUT2D eigenvalue weighted by Gasteiger charge is 2.33. The number of hydrogen-bond donors (Lipinski definition) is 0. The summed E-state index contributed by atoms with van der Waals surface area (Å²) in [6.45, 7) is 7.38. The summed E-state index contributed by atoms with van der Waals surface area (Å²) in [5, 5.41) is 2.07. The predicted octanol–water partition coefficient (Wildman–Crippen LogP) is 2.54. The Balaban J connectivity index is 1.10. The van der Waals surface area contributed by atoms with Gasteiger partial charge in [0.25, 0.3) is 0 Å². The van der Waals surface area contributed by atoms with Crippen molar-refractivity contribution < 1.29 is 4.39 Å². The maximum atomic E-state index is 13.1. The average molecular weight is 371 g/mol. The molecule has 7 heteroatoms. The number of benzene rings is 1. The third kappa shape index (κ3) is 3.11.